The standard InChI is InChI=1S/C17H24F3N3O4S/c1-12-10-13(4-5-14(12)22-28(25,26)17(18,19)20)15(24)21-11-16(23(2)3)6-8-27-9-7-16/h4-5,10,22H,6-9,11H2,1-3H3,(H,21,24). The average Bonchev–Trinajstić information content (AvgIpc) is 2.61. The maximum atomic E-state index is 12.5. The largest absolute Gasteiger partial charge is 0.516 e. The Morgan fingerprint density at radius 2 is 1.86 bits per heavy atom. The van der Waals surface area contributed by atoms with Crippen LogP contribution in [-0.4, -0.2) is 64.1 Å². The second-order valence-corrected chi connectivity index (χ2v) is 8.67. The lowest BCUT2D eigenvalue weighted by Crippen LogP contribution is -2.55. The molecule has 1 fully saturated rings. The van der Waals surface area contributed by atoms with Crippen LogP contribution >= 0.6 is 0 Å². The van der Waals surface area contributed by atoms with Gasteiger partial charge in [0.1, 0.15) is 0 Å². The van der Waals surface area contributed by atoms with Crippen molar-refractivity contribution in [2.45, 2.75) is 30.8 Å². The van der Waals surface area contributed by atoms with Crippen LogP contribution in [-0.2, 0) is 14.8 Å². The van der Waals surface area contributed by atoms with Gasteiger partial charge < -0.3 is 15.0 Å². The number of aryl methyl sites for hydroxylation is 1. The number of anilines is 1. The Hall–Kier alpha value is -1.85. The van der Waals surface area contributed by atoms with Gasteiger partial charge in [-0.25, -0.2) is 0 Å². The first kappa shape index (κ1) is 22.4. The number of nitrogens with one attached hydrogen (secondary N) is 2. The van der Waals surface area contributed by atoms with Crippen molar-refractivity contribution < 1.29 is 31.1 Å². The number of hydrogen-bond donors (Lipinski definition) is 2. The van der Waals surface area contributed by atoms with E-state index in [1.807, 2.05) is 14.1 Å². The zero-order valence-electron chi connectivity index (χ0n) is 15.9. The lowest BCUT2D eigenvalue weighted by atomic mass is 9.88. The summed E-state index contributed by atoms with van der Waals surface area (Å²) in [5, 5.41) is 2.86. The summed E-state index contributed by atoms with van der Waals surface area (Å²) in [6.07, 6.45) is 1.52. The second-order valence-electron chi connectivity index (χ2n) is 6.99. The fraction of sp³-hybridized carbons (Fsp3) is 0.588. The fourth-order valence-corrected chi connectivity index (χ4v) is 3.64. The molecule has 7 nitrogen and oxygen atoms in total. The number of carbonyl (C=O) groups is 1. The first-order chi connectivity index (χ1) is 12.9. The minimum absolute atomic E-state index is 0.203. The van der Waals surface area contributed by atoms with E-state index >= 15 is 0 Å². The molecule has 2 rings (SSSR count). The van der Waals surface area contributed by atoms with Crippen molar-refractivity contribution in [3.8, 4) is 0 Å². The molecule has 1 amide bonds. The highest BCUT2D eigenvalue weighted by molar-refractivity contribution is 7.93. The second kappa shape index (κ2) is 8.26. The molecule has 158 valence electrons. The summed E-state index contributed by atoms with van der Waals surface area (Å²) < 4.78 is 66.9. The Labute approximate surface area is 162 Å². The normalized spacial score (nSPS) is 17.4. The molecule has 2 N–H and O–H groups in total. The van der Waals surface area contributed by atoms with Crippen LogP contribution in [0, 0.1) is 6.92 Å². The quantitative estimate of drug-likeness (QED) is 0.732. The lowest BCUT2D eigenvalue weighted by molar-refractivity contribution is -0.0429. The Bertz CT molecular complexity index is 819. The number of amides is 1. The van der Waals surface area contributed by atoms with E-state index in [2.05, 4.69) is 10.2 Å². The molecule has 0 spiro atoms. The monoisotopic (exact) mass is 423 g/mol. The van der Waals surface area contributed by atoms with E-state index in [1.54, 1.807) is 0 Å². The first-order valence-corrected chi connectivity index (χ1v) is 10.1. The predicted molar refractivity (Wildman–Crippen MR) is 98.6 cm³/mol. The molecule has 0 aromatic heterocycles. The summed E-state index contributed by atoms with van der Waals surface area (Å²) in [4.78, 5) is 14.5. The van der Waals surface area contributed by atoms with E-state index in [9.17, 15) is 26.4 Å². The van der Waals surface area contributed by atoms with Crippen molar-refractivity contribution in [1.82, 2.24) is 10.2 Å². The van der Waals surface area contributed by atoms with Crippen molar-refractivity contribution in [3.63, 3.8) is 0 Å². The third kappa shape index (κ3) is 4.95. The van der Waals surface area contributed by atoms with Gasteiger partial charge in [-0.2, -0.15) is 21.6 Å². The molecule has 1 aliphatic rings. The van der Waals surface area contributed by atoms with Gasteiger partial charge in [0.2, 0.25) is 0 Å². The third-order valence-corrected chi connectivity index (χ3v) is 6.09. The Balaban J connectivity index is 2.10. The summed E-state index contributed by atoms with van der Waals surface area (Å²) in [6.45, 7) is 3.01. The van der Waals surface area contributed by atoms with Crippen LogP contribution in [0.1, 0.15) is 28.8 Å². The zero-order valence-corrected chi connectivity index (χ0v) is 16.7. The molecule has 1 aromatic carbocycles. The molecule has 0 bridgehead atoms. The van der Waals surface area contributed by atoms with Crippen molar-refractivity contribution in [2.75, 3.05) is 38.6 Å². The molecular formula is C17H24F3N3O4S. The number of ether oxygens (including phenoxy) is 1. The lowest BCUT2D eigenvalue weighted by Gasteiger charge is -2.42. The summed E-state index contributed by atoms with van der Waals surface area (Å²) >= 11 is 0. The molecule has 0 radical (unpaired) electrons. The van der Waals surface area contributed by atoms with Crippen LogP contribution < -0.4 is 10.0 Å². The molecule has 0 atom stereocenters. The average molecular weight is 423 g/mol. The highest BCUT2D eigenvalue weighted by atomic mass is 32.2. The Kier molecular flexibility index (Phi) is 6.62. The van der Waals surface area contributed by atoms with E-state index in [0.29, 0.717) is 19.8 Å². The van der Waals surface area contributed by atoms with Gasteiger partial charge in [0.25, 0.3) is 5.91 Å². The number of rotatable bonds is 6. The van der Waals surface area contributed by atoms with Crippen LogP contribution in [0.4, 0.5) is 18.9 Å². The molecule has 1 saturated heterocycles. The topological polar surface area (TPSA) is 87.7 Å². The minimum Gasteiger partial charge on any atom is -0.381 e. The van der Waals surface area contributed by atoms with Crippen LogP contribution in [0.15, 0.2) is 18.2 Å². The molecule has 0 saturated carbocycles. The fourth-order valence-electron chi connectivity index (χ4n) is 3.00. The van der Waals surface area contributed by atoms with Gasteiger partial charge >= 0.3 is 15.5 Å². The van der Waals surface area contributed by atoms with E-state index in [0.717, 1.165) is 18.9 Å². The van der Waals surface area contributed by atoms with Crippen LogP contribution in [0.5, 0.6) is 0 Å². The Morgan fingerprint density at radius 1 is 1.25 bits per heavy atom. The van der Waals surface area contributed by atoms with E-state index in [4.69, 9.17) is 4.74 Å². The van der Waals surface area contributed by atoms with Crippen molar-refractivity contribution in [1.29, 1.82) is 0 Å². The summed E-state index contributed by atoms with van der Waals surface area (Å²) in [5.74, 6) is -0.388. The molecule has 0 aliphatic carbocycles. The molecule has 28 heavy (non-hydrogen) atoms. The number of benzene rings is 1. The highest BCUT2D eigenvalue weighted by Crippen LogP contribution is 2.28. The van der Waals surface area contributed by atoms with Gasteiger partial charge in [0.05, 0.1) is 5.69 Å². The molecule has 11 heteroatoms. The molecule has 1 aliphatic heterocycles. The van der Waals surface area contributed by atoms with Gasteiger partial charge in [-0.1, -0.05) is 0 Å². The summed E-state index contributed by atoms with van der Waals surface area (Å²) in [5.41, 5.74) is -5.45. The van der Waals surface area contributed by atoms with E-state index in [1.165, 1.54) is 23.8 Å². The smallest absolute Gasteiger partial charge is 0.381 e. The minimum atomic E-state index is -5.52. The van der Waals surface area contributed by atoms with E-state index in [-0.39, 0.29) is 28.3 Å². The van der Waals surface area contributed by atoms with Crippen LogP contribution in [0.25, 0.3) is 0 Å². The van der Waals surface area contributed by atoms with Crippen LogP contribution in [0.2, 0.25) is 0 Å². The highest BCUT2D eigenvalue weighted by Gasteiger charge is 2.46. The number of hydrogen-bond acceptors (Lipinski definition) is 5. The number of alkyl halides is 3. The SMILES string of the molecule is Cc1cc(C(=O)NCC2(N(C)C)CCOCC2)ccc1NS(=O)(=O)C(F)(F)F. The van der Waals surface area contributed by atoms with Gasteiger partial charge in [-0.15, -0.1) is 0 Å². The van der Waals surface area contributed by atoms with Gasteiger partial charge in [-0.3, -0.25) is 9.52 Å². The number of halogens is 3. The number of nitrogens with zero attached hydrogens (tertiary/aromatic N) is 1. The van der Waals surface area contributed by atoms with Crippen molar-refractivity contribution in [2.24, 2.45) is 0 Å². The molecule has 1 aromatic rings. The number of likely N-dealkylation sites (N-methyl/N-ethyl adjacent to an activating group) is 1. The van der Waals surface area contributed by atoms with Crippen LogP contribution in [0.3, 0.4) is 0 Å². The number of carbonyl (C=O) groups excluding carboxylic acids is 1. The summed E-state index contributed by atoms with van der Waals surface area (Å²) in [6, 6.07) is 3.77. The van der Waals surface area contributed by atoms with Gasteiger partial charge in [0.15, 0.2) is 0 Å². The number of sulfonamides is 1. The maximum Gasteiger partial charge on any atom is 0.516 e. The summed E-state index contributed by atoms with van der Waals surface area (Å²) in [7, 11) is -1.65. The zero-order chi connectivity index (χ0) is 21.2. The van der Waals surface area contributed by atoms with Crippen molar-refractivity contribution in [3.05, 3.63) is 29.3 Å². The first-order valence-electron chi connectivity index (χ1n) is 8.61. The Morgan fingerprint density at radius 3 is 2.36 bits per heavy atom. The van der Waals surface area contributed by atoms with Gasteiger partial charge in [0, 0.05) is 30.9 Å². The van der Waals surface area contributed by atoms with E-state index < -0.39 is 15.5 Å². The maximum absolute atomic E-state index is 12.5. The molecule has 1 heterocycles. The van der Waals surface area contributed by atoms with Crippen molar-refractivity contribution >= 4 is 21.6 Å². The molecular weight excluding hydrogens is 399 g/mol. The van der Waals surface area contributed by atoms with Gasteiger partial charge in [-0.05, 0) is 57.6 Å². The third-order valence-electron chi connectivity index (χ3n) is 4.99. The molecule has 0 unspecified atom stereocenters. The predicted octanol–water partition coefficient (Wildman–Crippen LogP) is 2.10.